The number of benzene rings is 3. The molecule has 0 N–H and O–H groups in total. The fourth-order valence-electron chi connectivity index (χ4n) is 2.99. The zero-order chi connectivity index (χ0) is 21.1. The maximum atomic E-state index is 12.6. The molecule has 0 aromatic heterocycles. The van der Waals surface area contributed by atoms with Crippen LogP contribution in [0.3, 0.4) is 0 Å². The van der Waals surface area contributed by atoms with Crippen molar-refractivity contribution in [2.45, 2.75) is 6.61 Å². The van der Waals surface area contributed by atoms with Crippen LogP contribution in [0.5, 0.6) is 17.2 Å². The topological polar surface area (TPSA) is 87.9 Å². The number of non-ortho nitro benzene ring substituents is 1. The first-order valence-electron chi connectivity index (χ1n) is 9.12. The smallest absolute Gasteiger partial charge is 0.269 e. The van der Waals surface area contributed by atoms with Gasteiger partial charge in [-0.1, -0.05) is 12.1 Å². The lowest BCUT2D eigenvalue weighted by molar-refractivity contribution is -0.384. The minimum atomic E-state index is -0.475. The van der Waals surface area contributed by atoms with Crippen molar-refractivity contribution in [3.8, 4) is 17.2 Å². The van der Waals surface area contributed by atoms with Crippen molar-refractivity contribution in [2.24, 2.45) is 0 Å². The summed E-state index contributed by atoms with van der Waals surface area (Å²) >= 11 is 0. The number of hydrogen-bond acceptors (Lipinski definition) is 6. The number of rotatable bonds is 6. The number of carbonyl (C=O) groups is 1. The first-order chi connectivity index (χ1) is 14.5. The molecule has 1 aliphatic heterocycles. The van der Waals surface area contributed by atoms with E-state index in [1.54, 1.807) is 43.5 Å². The van der Waals surface area contributed by atoms with Crippen LogP contribution in [0.4, 0.5) is 5.69 Å². The molecule has 4 rings (SSSR count). The number of fused-ring (bicyclic) bond motifs is 1. The highest BCUT2D eigenvalue weighted by atomic mass is 16.6. The van der Waals surface area contributed by atoms with Crippen LogP contribution >= 0.6 is 0 Å². The van der Waals surface area contributed by atoms with Crippen molar-refractivity contribution in [1.82, 2.24) is 0 Å². The Balaban J connectivity index is 1.47. The fraction of sp³-hybridized carbons (Fsp3) is 0.0870. The summed E-state index contributed by atoms with van der Waals surface area (Å²) in [5, 5.41) is 10.8. The number of ketones is 1. The van der Waals surface area contributed by atoms with Gasteiger partial charge in [-0.2, -0.15) is 0 Å². The Hall–Kier alpha value is -4.13. The summed E-state index contributed by atoms with van der Waals surface area (Å²) in [6, 6.07) is 18.5. The molecule has 0 atom stereocenters. The van der Waals surface area contributed by atoms with E-state index in [1.165, 1.54) is 12.1 Å². The highest BCUT2D eigenvalue weighted by molar-refractivity contribution is 6.14. The van der Waals surface area contributed by atoms with Gasteiger partial charge in [-0.05, 0) is 53.6 Å². The van der Waals surface area contributed by atoms with Gasteiger partial charge in [-0.3, -0.25) is 14.9 Å². The van der Waals surface area contributed by atoms with Gasteiger partial charge < -0.3 is 14.2 Å². The first-order valence-corrected chi connectivity index (χ1v) is 9.12. The van der Waals surface area contributed by atoms with Crippen molar-refractivity contribution in [2.75, 3.05) is 7.11 Å². The second-order valence-electron chi connectivity index (χ2n) is 6.58. The summed E-state index contributed by atoms with van der Waals surface area (Å²) in [6.45, 7) is 0.363. The minimum absolute atomic E-state index is 0.0160. The number of ether oxygens (including phenoxy) is 3. The summed E-state index contributed by atoms with van der Waals surface area (Å²) in [5.41, 5.74) is 2.04. The first kappa shape index (κ1) is 19.2. The predicted octanol–water partition coefficient (Wildman–Crippen LogP) is 4.80. The molecule has 3 aromatic carbocycles. The van der Waals surface area contributed by atoms with Gasteiger partial charge in [-0.15, -0.1) is 0 Å². The molecule has 0 radical (unpaired) electrons. The average Bonchev–Trinajstić information content (AvgIpc) is 3.07. The second-order valence-corrected chi connectivity index (χ2v) is 6.58. The monoisotopic (exact) mass is 403 g/mol. The summed E-state index contributed by atoms with van der Waals surface area (Å²) < 4.78 is 16.6. The predicted molar refractivity (Wildman–Crippen MR) is 110 cm³/mol. The molecule has 7 nitrogen and oxygen atoms in total. The molecular weight excluding hydrogens is 386 g/mol. The molecule has 0 saturated carbocycles. The van der Waals surface area contributed by atoms with Gasteiger partial charge in [0.25, 0.3) is 5.69 Å². The molecule has 0 amide bonds. The van der Waals surface area contributed by atoms with Gasteiger partial charge in [0.05, 0.1) is 17.6 Å². The number of nitrogens with zero attached hydrogens (tertiary/aromatic N) is 1. The maximum Gasteiger partial charge on any atom is 0.269 e. The molecule has 7 heteroatoms. The van der Waals surface area contributed by atoms with E-state index in [9.17, 15) is 14.9 Å². The molecule has 0 bridgehead atoms. The number of nitro groups is 1. The summed E-state index contributed by atoms with van der Waals surface area (Å²) in [6.07, 6.45) is 1.56. The van der Waals surface area contributed by atoms with Crippen LogP contribution in [0.1, 0.15) is 21.5 Å². The van der Waals surface area contributed by atoms with E-state index in [0.717, 1.165) is 11.3 Å². The molecule has 0 fully saturated rings. The quantitative estimate of drug-likeness (QED) is 0.334. The van der Waals surface area contributed by atoms with E-state index in [0.29, 0.717) is 29.2 Å². The van der Waals surface area contributed by atoms with Crippen LogP contribution in [-0.4, -0.2) is 17.8 Å². The molecule has 0 unspecified atom stereocenters. The summed E-state index contributed by atoms with van der Waals surface area (Å²) in [4.78, 5) is 22.9. The molecule has 3 aromatic rings. The largest absolute Gasteiger partial charge is 0.497 e. The number of methoxy groups -OCH3 is 1. The molecule has 0 saturated heterocycles. The third kappa shape index (κ3) is 4.00. The highest BCUT2D eigenvalue weighted by Crippen LogP contribution is 2.35. The average molecular weight is 403 g/mol. The number of allylic oxidation sites excluding steroid dienone is 1. The lowest BCUT2D eigenvalue weighted by Gasteiger charge is -2.08. The van der Waals surface area contributed by atoms with Crippen LogP contribution in [0.2, 0.25) is 0 Å². The van der Waals surface area contributed by atoms with E-state index in [2.05, 4.69) is 0 Å². The third-order valence-corrected chi connectivity index (χ3v) is 4.61. The van der Waals surface area contributed by atoms with Gasteiger partial charge in [0.15, 0.2) is 5.76 Å². The van der Waals surface area contributed by atoms with E-state index in [4.69, 9.17) is 14.2 Å². The Labute approximate surface area is 172 Å². The molecule has 30 heavy (non-hydrogen) atoms. The van der Waals surface area contributed by atoms with Gasteiger partial charge in [0.2, 0.25) is 5.78 Å². The Morgan fingerprint density at radius 3 is 2.37 bits per heavy atom. The normalized spacial score (nSPS) is 13.6. The summed E-state index contributed by atoms with van der Waals surface area (Å²) in [7, 11) is 1.61. The molecule has 0 spiro atoms. The summed E-state index contributed by atoms with van der Waals surface area (Å²) in [5.74, 6) is 1.68. The Morgan fingerprint density at radius 2 is 1.70 bits per heavy atom. The lowest BCUT2D eigenvalue weighted by Crippen LogP contribution is -1.98. The van der Waals surface area contributed by atoms with E-state index in [-0.39, 0.29) is 17.2 Å². The fourth-order valence-corrected chi connectivity index (χ4v) is 2.99. The highest BCUT2D eigenvalue weighted by Gasteiger charge is 2.27. The van der Waals surface area contributed by atoms with Crippen LogP contribution in [0.25, 0.3) is 6.08 Å². The van der Waals surface area contributed by atoms with E-state index in [1.807, 2.05) is 24.3 Å². The standard InChI is InChI=1S/C23H17NO6/c1-28-18-8-4-16(5-9-18)14-29-19-10-11-20-21(13-19)30-22(23(20)25)12-15-2-6-17(7-3-15)24(26)27/h2-13H,14H2,1H3/b22-12-. The Morgan fingerprint density at radius 1 is 1.00 bits per heavy atom. The van der Waals surface area contributed by atoms with Gasteiger partial charge in [-0.25, -0.2) is 0 Å². The van der Waals surface area contributed by atoms with Crippen molar-refractivity contribution in [3.05, 3.63) is 99.3 Å². The molecular formula is C23H17NO6. The van der Waals surface area contributed by atoms with Gasteiger partial charge in [0, 0.05) is 18.2 Å². The van der Waals surface area contributed by atoms with Gasteiger partial charge in [0.1, 0.15) is 23.9 Å². The molecule has 1 heterocycles. The van der Waals surface area contributed by atoms with Crippen LogP contribution in [-0.2, 0) is 6.61 Å². The van der Waals surface area contributed by atoms with E-state index < -0.39 is 4.92 Å². The Bertz CT molecular complexity index is 1130. The van der Waals surface area contributed by atoms with Crippen molar-refractivity contribution in [1.29, 1.82) is 0 Å². The van der Waals surface area contributed by atoms with Crippen molar-refractivity contribution >= 4 is 17.5 Å². The minimum Gasteiger partial charge on any atom is -0.497 e. The zero-order valence-electron chi connectivity index (χ0n) is 16.0. The zero-order valence-corrected chi connectivity index (χ0v) is 16.0. The van der Waals surface area contributed by atoms with Crippen molar-refractivity contribution in [3.63, 3.8) is 0 Å². The number of hydrogen-bond donors (Lipinski definition) is 0. The van der Waals surface area contributed by atoms with Crippen LogP contribution < -0.4 is 14.2 Å². The molecule has 0 aliphatic carbocycles. The maximum absolute atomic E-state index is 12.6. The molecule has 1 aliphatic rings. The Kier molecular flexibility index (Phi) is 5.17. The number of nitro benzene ring substituents is 1. The number of Topliss-reactive ketones (excluding diaryl/α,β-unsaturated/α-hetero) is 1. The third-order valence-electron chi connectivity index (χ3n) is 4.61. The second kappa shape index (κ2) is 8.08. The van der Waals surface area contributed by atoms with E-state index >= 15 is 0 Å². The SMILES string of the molecule is COc1ccc(COc2ccc3c(c2)O/C(=C\c2ccc([N+](=O)[O-])cc2)C3=O)cc1. The molecule has 150 valence electrons. The van der Waals surface area contributed by atoms with Gasteiger partial charge >= 0.3 is 0 Å². The van der Waals surface area contributed by atoms with Crippen molar-refractivity contribution < 1.29 is 23.9 Å². The van der Waals surface area contributed by atoms with Crippen LogP contribution in [0.15, 0.2) is 72.5 Å². The lowest BCUT2D eigenvalue weighted by atomic mass is 10.1. The van der Waals surface area contributed by atoms with Crippen LogP contribution in [0, 0.1) is 10.1 Å². The number of carbonyl (C=O) groups excluding carboxylic acids is 1.